The number of nitrogens with one attached hydrogen (secondary N) is 1. The van der Waals surface area contributed by atoms with E-state index in [0.29, 0.717) is 5.75 Å². The molecule has 0 saturated carbocycles. The van der Waals surface area contributed by atoms with Gasteiger partial charge in [0.25, 0.3) is 0 Å². The van der Waals surface area contributed by atoms with Gasteiger partial charge < -0.3 is 10.1 Å². The molecule has 0 saturated heterocycles. The van der Waals surface area contributed by atoms with Crippen LogP contribution in [0.25, 0.3) is 0 Å². The first-order valence-electron chi connectivity index (χ1n) is 4.11. The largest absolute Gasteiger partial charge is 0.412 e. The van der Waals surface area contributed by atoms with Crippen LogP contribution in [0, 0.1) is 13.8 Å². The molecule has 0 fully saturated rings. The predicted molar refractivity (Wildman–Crippen MR) is 51.0 cm³/mol. The fourth-order valence-corrected chi connectivity index (χ4v) is 0.986. The van der Waals surface area contributed by atoms with Crippen LogP contribution >= 0.6 is 0 Å². The van der Waals surface area contributed by atoms with Gasteiger partial charge in [0.1, 0.15) is 5.75 Å². The summed E-state index contributed by atoms with van der Waals surface area (Å²) >= 11 is 0. The average Bonchev–Trinajstić information content (AvgIpc) is 2.13. The summed E-state index contributed by atoms with van der Waals surface area (Å²) in [6.45, 7) is 3.90. The zero-order chi connectivity index (χ0) is 9.84. The van der Waals surface area contributed by atoms with Gasteiger partial charge in [0.05, 0.1) is 0 Å². The first-order valence-corrected chi connectivity index (χ1v) is 4.11. The molecule has 0 spiro atoms. The quantitative estimate of drug-likeness (QED) is 0.716. The van der Waals surface area contributed by atoms with Crippen LogP contribution in [-0.2, 0) is 0 Å². The number of carbonyl (C=O) groups excluding carboxylic acids is 1. The number of rotatable bonds is 1. The lowest BCUT2D eigenvalue weighted by Crippen LogP contribution is -2.22. The summed E-state index contributed by atoms with van der Waals surface area (Å²) in [6, 6.07) is 5.62. The van der Waals surface area contributed by atoms with Crippen molar-refractivity contribution in [2.24, 2.45) is 0 Å². The van der Waals surface area contributed by atoms with Crippen LogP contribution in [0.1, 0.15) is 11.1 Å². The number of ether oxygens (including phenoxy) is 1. The lowest BCUT2D eigenvalue weighted by molar-refractivity contribution is 0.202. The van der Waals surface area contributed by atoms with E-state index in [0.717, 1.165) is 11.1 Å². The fraction of sp³-hybridized carbons (Fsp3) is 0.300. The Bertz CT molecular complexity index is 321. The highest BCUT2D eigenvalue weighted by molar-refractivity contribution is 5.70. The fourth-order valence-electron chi connectivity index (χ4n) is 0.986. The molecule has 0 radical (unpaired) electrons. The summed E-state index contributed by atoms with van der Waals surface area (Å²) in [5, 5.41) is 2.40. The minimum absolute atomic E-state index is 0.436. The van der Waals surface area contributed by atoms with E-state index in [1.807, 2.05) is 26.0 Å². The average molecular weight is 179 g/mol. The smallest absolute Gasteiger partial charge is 0.410 e. The second kappa shape index (κ2) is 3.94. The normalized spacial score (nSPS) is 9.46. The van der Waals surface area contributed by atoms with E-state index in [4.69, 9.17) is 4.74 Å². The molecule has 1 amide bonds. The summed E-state index contributed by atoms with van der Waals surface area (Å²) in [4.78, 5) is 10.9. The molecule has 0 heterocycles. The number of amides is 1. The Kier molecular flexibility index (Phi) is 2.90. The second-order valence-electron chi connectivity index (χ2n) is 2.84. The van der Waals surface area contributed by atoms with Gasteiger partial charge in [0.2, 0.25) is 0 Å². The maximum Gasteiger partial charge on any atom is 0.412 e. The number of hydrogen-bond acceptors (Lipinski definition) is 2. The van der Waals surface area contributed by atoms with E-state index in [1.165, 1.54) is 7.05 Å². The third-order valence-corrected chi connectivity index (χ3v) is 1.96. The summed E-state index contributed by atoms with van der Waals surface area (Å²) in [6.07, 6.45) is -0.436. The van der Waals surface area contributed by atoms with Gasteiger partial charge in [-0.1, -0.05) is 12.1 Å². The van der Waals surface area contributed by atoms with Crippen molar-refractivity contribution < 1.29 is 9.53 Å². The van der Waals surface area contributed by atoms with Crippen molar-refractivity contribution in [2.45, 2.75) is 13.8 Å². The Morgan fingerprint density at radius 3 is 2.69 bits per heavy atom. The summed E-state index contributed by atoms with van der Waals surface area (Å²) in [5.41, 5.74) is 2.10. The Balaban J connectivity index is 2.89. The molecule has 0 aliphatic rings. The molecule has 3 nitrogen and oxygen atoms in total. The van der Waals surface area contributed by atoms with Crippen molar-refractivity contribution in [3.63, 3.8) is 0 Å². The van der Waals surface area contributed by atoms with Gasteiger partial charge in [-0.15, -0.1) is 0 Å². The van der Waals surface area contributed by atoms with Crippen LogP contribution < -0.4 is 10.1 Å². The second-order valence-corrected chi connectivity index (χ2v) is 2.84. The molecule has 13 heavy (non-hydrogen) atoms. The zero-order valence-electron chi connectivity index (χ0n) is 8.05. The molecule has 1 aromatic carbocycles. The highest BCUT2D eigenvalue weighted by Gasteiger charge is 2.05. The van der Waals surface area contributed by atoms with Crippen molar-refractivity contribution in [2.75, 3.05) is 7.05 Å². The highest BCUT2D eigenvalue weighted by Crippen LogP contribution is 2.20. The molecule has 0 atom stereocenters. The topological polar surface area (TPSA) is 38.3 Å². The van der Waals surface area contributed by atoms with Crippen LogP contribution in [-0.4, -0.2) is 13.1 Å². The SMILES string of the molecule is CNC(=O)Oc1cccc(C)c1C. The Morgan fingerprint density at radius 2 is 2.08 bits per heavy atom. The molecule has 0 aliphatic heterocycles. The van der Waals surface area contributed by atoms with E-state index in [-0.39, 0.29) is 0 Å². The number of carbonyl (C=O) groups is 1. The third-order valence-electron chi connectivity index (χ3n) is 1.96. The van der Waals surface area contributed by atoms with Gasteiger partial charge in [0, 0.05) is 7.05 Å². The van der Waals surface area contributed by atoms with E-state index >= 15 is 0 Å². The molecular formula is C10H13NO2. The van der Waals surface area contributed by atoms with Crippen LogP contribution in [0.2, 0.25) is 0 Å². The van der Waals surface area contributed by atoms with Crippen molar-refractivity contribution >= 4 is 6.09 Å². The molecule has 70 valence electrons. The molecule has 0 aromatic heterocycles. The van der Waals surface area contributed by atoms with Gasteiger partial charge in [0.15, 0.2) is 0 Å². The van der Waals surface area contributed by atoms with Crippen LogP contribution in [0.15, 0.2) is 18.2 Å². The first kappa shape index (κ1) is 9.58. The Labute approximate surface area is 77.7 Å². The molecule has 0 unspecified atom stereocenters. The summed E-state index contributed by atoms with van der Waals surface area (Å²) in [5.74, 6) is 0.611. The molecule has 1 N–H and O–H groups in total. The zero-order valence-corrected chi connectivity index (χ0v) is 8.05. The monoisotopic (exact) mass is 179 g/mol. The first-order chi connectivity index (χ1) is 6.15. The number of hydrogen-bond donors (Lipinski definition) is 1. The van der Waals surface area contributed by atoms with Gasteiger partial charge in [-0.3, -0.25) is 0 Å². The van der Waals surface area contributed by atoms with E-state index in [2.05, 4.69) is 5.32 Å². The van der Waals surface area contributed by atoms with E-state index in [1.54, 1.807) is 6.07 Å². The van der Waals surface area contributed by atoms with Gasteiger partial charge in [-0.25, -0.2) is 4.79 Å². The Hall–Kier alpha value is -1.51. The number of aryl methyl sites for hydroxylation is 1. The Morgan fingerprint density at radius 1 is 1.38 bits per heavy atom. The van der Waals surface area contributed by atoms with Crippen LogP contribution in [0.4, 0.5) is 4.79 Å². The maximum atomic E-state index is 10.9. The molecular weight excluding hydrogens is 166 g/mol. The van der Waals surface area contributed by atoms with Crippen molar-refractivity contribution in [1.29, 1.82) is 0 Å². The van der Waals surface area contributed by atoms with Crippen LogP contribution in [0.3, 0.4) is 0 Å². The minimum Gasteiger partial charge on any atom is -0.410 e. The van der Waals surface area contributed by atoms with Crippen molar-refractivity contribution in [3.8, 4) is 5.75 Å². The molecule has 1 rings (SSSR count). The highest BCUT2D eigenvalue weighted by atomic mass is 16.6. The van der Waals surface area contributed by atoms with Crippen molar-refractivity contribution in [1.82, 2.24) is 5.32 Å². The van der Waals surface area contributed by atoms with Crippen LogP contribution in [0.5, 0.6) is 5.75 Å². The molecule has 0 aliphatic carbocycles. The lowest BCUT2D eigenvalue weighted by Gasteiger charge is -2.07. The standard InChI is InChI=1S/C10H13NO2/c1-7-5-4-6-9(8(7)2)13-10(12)11-3/h4-6H,1-3H3,(H,11,12). The van der Waals surface area contributed by atoms with Gasteiger partial charge >= 0.3 is 6.09 Å². The minimum atomic E-state index is -0.436. The molecule has 3 heteroatoms. The summed E-state index contributed by atoms with van der Waals surface area (Å²) in [7, 11) is 1.54. The predicted octanol–water partition coefficient (Wildman–Crippen LogP) is 2.02. The van der Waals surface area contributed by atoms with E-state index in [9.17, 15) is 4.79 Å². The van der Waals surface area contributed by atoms with E-state index < -0.39 is 6.09 Å². The lowest BCUT2D eigenvalue weighted by atomic mass is 10.1. The van der Waals surface area contributed by atoms with Gasteiger partial charge in [-0.05, 0) is 31.0 Å². The maximum absolute atomic E-state index is 10.9. The van der Waals surface area contributed by atoms with Gasteiger partial charge in [-0.2, -0.15) is 0 Å². The number of benzene rings is 1. The molecule has 1 aromatic rings. The molecule has 0 bridgehead atoms. The van der Waals surface area contributed by atoms with Crippen molar-refractivity contribution in [3.05, 3.63) is 29.3 Å². The third kappa shape index (κ3) is 2.21. The summed E-state index contributed by atoms with van der Waals surface area (Å²) < 4.78 is 5.03.